The molecule has 4 nitrogen and oxygen atoms in total. The van der Waals surface area contributed by atoms with Gasteiger partial charge in [-0.2, -0.15) is 0 Å². The quantitative estimate of drug-likeness (QED) is 0.757. The molecule has 0 spiro atoms. The number of aromatic nitrogens is 2. The lowest BCUT2D eigenvalue weighted by molar-refractivity contribution is 0.141. The molecular formula is C12H19N3O. The summed E-state index contributed by atoms with van der Waals surface area (Å²) in [6, 6.07) is 0. The van der Waals surface area contributed by atoms with Crippen molar-refractivity contribution in [2.45, 2.75) is 38.3 Å². The summed E-state index contributed by atoms with van der Waals surface area (Å²) in [7, 11) is 0. The van der Waals surface area contributed by atoms with Crippen molar-refractivity contribution in [3.8, 4) is 0 Å². The Bertz CT molecular complexity index is 368. The molecule has 3 heterocycles. The molecule has 0 radical (unpaired) electrons. The highest BCUT2D eigenvalue weighted by Gasteiger charge is 2.21. The van der Waals surface area contributed by atoms with Crippen molar-refractivity contribution in [2.24, 2.45) is 5.92 Å². The van der Waals surface area contributed by atoms with Crippen molar-refractivity contribution in [1.29, 1.82) is 0 Å². The van der Waals surface area contributed by atoms with Gasteiger partial charge in [0.15, 0.2) is 0 Å². The molecule has 0 bridgehead atoms. The fraction of sp³-hybridized carbons (Fsp3) is 0.750. The molecule has 0 aromatic carbocycles. The van der Waals surface area contributed by atoms with Gasteiger partial charge >= 0.3 is 0 Å². The van der Waals surface area contributed by atoms with Crippen LogP contribution in [0.1, 0.15) is 24.4 Å². The number of fused-ring (bicyclic) bond motifs is 1. The lowest BCUT2D eigenvalue weighted by Gasteiger charge is -2.18. The minimum absolute atomic E-state index is 0.184. The summed E-state index contributed by atoms with van der Waals surface area (Å²) in [6.45, 7) is 3.20. The number of imidazole rings is 1. The van der Waals surface area contributed by atoms with Crippen LogP contribution in [0.4, 0.5) is 0 Å². The maximum absolute atomic E-state index is 9.59. The largest absolute Gasteiger partial charge is 0.393 e. The summed E-state index contributed by atoms with van der Waals surface area (Å²) < 4.78 is 2.21. The molecule has 0 amide bonds. The Kier molecular flexibility index (Phi) is 2.69. The number of aryl methyl sites for hydroxylation is 1. The van der Waals surface area contributed by atoms with Gasteiger partial charge in [0.2, 0.25) is 0 Å². The lowest BCUT2D eigenvalue weighted by atomic mass is 10.0. The standard InChI is InChI=1S/C12H19N3O/c16-11-2-4-15-8-10(14-12(15)6-11)5-9-1-3-13-7-9/h8-9,11,13,16H,1-7H2. The first kappa shape index (κ1) is 10.3. The maximum atomic E-state index is 9.59. The first-order valence-electron chi connectivity index (χ1n) is 6.25. The molecule has 1 aromatic heterocycles. The highest BCUT2D eigenvalue weighted by atomic mass is 16.3. The van der Waals surface area contributed by atoms with E-state index in [2.05, 4.69) is 21.1 Å². The molecule has 0 saturated carbocycles. The van der Waals surface area contributed by atoms with Crippen LogP contribution in [0.25, 0.3) is 0 Å². The van der Waals surface area contributed by atoms with Gasteiger partial charge in [-0.25, -0.2) is 4.98 Å². The van der Waals surface area contributed by atoms with E-state index in [0.717, 1.165) is 50.6 Å². The van der Waals surface area contributed by atoms with E-state index in [0.29, 0.717) is 0 Å². The Morgan fingerprint density at radius 3 is 3.25 bits per heavy atom. The summed E-state index contributed by atoms with van der Waals surface area (Å²) >= 11 is 0. The van der Waals surface area contributed by atoms with Crippen molar-refractivity contribution < 1.29 is 5.11 Å². The van der Waals surface area contributed by atoms with E-state index < -0.39 is 0 Å². The SMILES string of the molecule is OC1CCn2cc(CC3CCNC3)nc2C1. The van der Waals surface area contributed by atoms with Crippen molar-refractivity contribution in [2.75, 3.05) is 13.1 Å². The molecule has 2 aliphatic rings. The second-order valence-electron chi connectivity index (χ2n) is 5.05. The van der Waals surface area contributed by atoms with Gasteiger partial charge in [0, 0.05) is 19.2 Å². The number of aliphatic hydroxyl groups excluding tert-OH is 1. The Hall–Kier alpha value is -0.870. The fourth-order valence-electron chi connectivity index (χ4n) is 2.75. The van der Waals surface area contributed by atoms with Crippen molar-refractivity contribution in [1.82, 2.24) is 14.9 Å². The van der Waals surface area contributed by atoms with E-state index in [1.54, 1.807) is 0 Å². The van der Waals surface area contributed by atoms with Crippen LogP contribution in [-0.4, -0.2) is 33.9 Å². The monoisotopic (exact) mass is 221 g/mol. The number of nitrogens with zero attached hydrogens (tertiary/aromatic N) is 2. The second-order valence-corrected chi connectivity index (χ2v) is 5.05. The van der Waals surface area contributed by atoms with Crippen molar-refractivity contribution in [3.05, 3.63) is 17.7 Å². The second kappa shape index (κ2) is 4.18. The number of nitrogens with one attached hydrogen (secondary N) is 1. The van der Waals surface area contributed by atoms with E-state index in [1.807, 2.05) is 0 Å². The van der Waals surface area contributed by atoms with Crippen LogP contribution in [0.15, 0.2) is 6.20 Å². The fourth-order valence-corrected chi connectivity index (χ4v) is 2.75. The molecule has 1 fully saturated rings. The first-order valence-corrected chi connectivity index (χ1v) is 6.25. The van der Waals surface area contributed by atoms with Crippen LogP contribution in [0, 0.1) is 5.92 Å². The molecule has 2 unspecified atom stereocenters. The predicted molar refractivity (Wildman–Crippen MR) is 61.2 cm³/mol. The van der Waals surface area contributed by atoms with Crippen LogP contribution < -0.4 is 5.32 Å². The third-order valence-corrected chi connectivity index (χ3v) is 3.69. The predicted octanol–water partition coefficient (Wildman–Crippen LogP) is 0.342. The van der Waals surface area contributed by atoms with Gasteiger partial charge in [-0.05, 0) is 38.3 Å². The molecule has 2 N–H and O–H groups in total. The average Bonchev–Trinajstić information content (AvgIpc) is 2.86. The van der Waals surface area contributed by atoms with Gasteiger partial charge in [-0.1, -0.05) is 0 Å². The minimum Gasteiger partial charge on any atom is -0.393 e. The van der Waals surface area contributed by atoms with Crippen LogP contribution >= 0.6 is 0 Å². The van der Waals surface area contributed by atoms with Gasteiger partial charge in [0.25, 0.3) is 0 Å². The lowest BCUT2D eigenvalue weighted by Crippen LogP contribution is -2.22. The molecule has 16 heavy (non-hydrogen) atoms. The zero-order valence-electron chi connectivity index (χ0n) is 9.52. The highest BCUT2D eigenvalue weighted by molar-refractivity contribution is 5.08. The first-order chi connectivity index (χ1) is 7.81. The van der Waals surface area contributed by atoms with Gasteiger partial charge < -0.3 is 15.0 Å². The number of hydrogen-bond acceptors (Lipinski definition) is 3. The zero-order chi connectivity index (χ0) is 11.0. The molecule has 0 aliphatic carbocycles. The van der Waals surface area contributed by atoms with E-state index in [4.69, 9.17) is 0 Å². The van der Waals surface area contributed by atoms with Gasteiger partial charge in [0.05, 0.1) is 11.8 Å². The van der Waals surface area contributed by atoms with Crippen LogP contribution in [0.2, 0.25) is 0 Å². The number of hydrogen-bond donors (Lipinski definition) is 2. The van der Waals surface area contributed by atoms with Crippen LogP contribution in [-0.2, 0) is 19.4 Å². The average molecular weight is 221 g/mol. The summed E-state index contributed by atoms with van der Waals surface area (Å²) in [5.41, 5.74) is 1.21. The van der Waals surface area contributed by atoms with Crippen LogP contribution in [0.3, 0.4) is 0 Å². The number of rotatable bonds is 2. The van der Waals surface area contributed by atoms with Crippen molar-refractivity contribution >= 4 is 0 Å². The van der Waals surface area contributed by atoms with E-state index in [-0.39, 0.29) is 6.10 Å². The Balaban J connectivity index is 1.71. The Morgan fingerprint density at radius 1 is 1.50 bits per heavy atom. The summed E-state index contributed by atoms with van der Waals surface area (Å²) in [5, 5.41) is 13.0. The van der Waals surface area contributed by atoms with Gasteiger partial charge in [-0.15, -0.1) is 0 Å². The highest BCUT2D eigenvalue weighted by Crippen LogP contribution is 2.19. The molecule has 3 rings (SSSR count). The number of aliphatic hydroxyl groups is 1. The van der Waals surface area contributed by atoms with E-state index in [1.165, 1.54) is 12.1 Å². The Morgan fingerprint density at radius 2 is 2.44 bits per heavy atom. The summed E-state index contributed by atoms with van der Waals surface area (Å²) in [5.74, 6) is 1.82. The van der Waals surface area contributed by atoms with E-state index in [9.17, 15) is 5.11 Å². The minimum atomic E-state index is -0.184. The van der Waals surface area contributed by atoms with E-state index >= 15 is 0 Å². The molecule has 2 aliphatic heterocycles. The molecule has 1 aromatic rings. The topological polar surface area (TPSA) is 50.1 Å². The molecule has 4 heteroatoms. The third kappa shape index (κ3) is 1.99. The van der Waals surface area contributed by atoms with Gasteiger partial charge in [-0.3, -0.25) is 0 Å². The van der Waals surface area contributed by atoms with Crippen molar-refractivity contribution in [3.63, 3.8) is 0 Å². The molecule has 88 valence electrons. The zero-order valence-corrected chi connectivity index (χ0v) is 9.52. The van der Waals surface area contributed by atoms with Crippen LogP contribution in [0.5, 0.6) is 0 Å². The molecular weight excluding hydrogens is 202 g/mol. The smallest absolute Gasteiger partial charge is 0.111 e. The molecule has 2 atom stereocenters. The Labute approximate surface area is 95.7 Å². The van der Waals surface area contributed by atoms with Gasteiger partial charge in [0.1, 0.15) is 5.82 Å². The maximum Gasteiger partial charge on any atom is 0.111 e. The molecule has 1 saturated heterocycles. The third-order valence-electron chi connectivity index (χ3n) is 3.69. The summed E-state index contributed by atoms with van der Waals surface area (Å²) in [4.78, 5) is 4.64. The normalized spacial score (nSPS) is 29.3. The summed E-state index contributed by atoms with van der Waals surface area (Å²) in [6.07, 6.45) is 5.94.